The molecule has 3 rings (SSSR count). The van der Waals surface area contributed by atoms with E-state index in [1.165, 1.54) is 0 Å². The standard InChI is InChI=1S/C13H11ClN6/c14-9-3-4-10(12-8(9)2-1-6-16-12)18-11-5-7-17-13(19-11)20-15/h1-7H,15H2,(H2,17,18,19,20). The van der Waals surface area contributed by atoms with Gasteiger partial charge in [0.15, 0.2) is 0 Å². The molecule has 100 valence electrons. The lowest BCUT2D eigenvalue weighted by Gasteiger charge is -2.09. The van der Waals surface area contributed by atoms with Gasteiger partial charge in [-0.05, 0) is 30.3 Å². The monoisotopic (exact) mass is 286 g/mol. The molecule has 1 aromatic carbocycles. The Hall–Kier alpha value is -2.44. The smallest absolute Gasteiger partial charge is 0.239 e. The van der Waals surface area contributed by atoms with Crippen molar-refractivity contribution in [2.24, 2.45) is 5.84 Å². The van der Waals surface area contributed by atoms with E-state index in [-0.39, 0.29) is 0 Å². The number of nitrogens with one attached hydrogen (secondary N) is 2. The van der Waals surface area contributed by atoms with Crippen molar-refractivity contribution in [3.05, 3.63) is 47.7 Å². The van der Waals surface area contributed by atoms with Crippen LogP contribution < -0.4 is 16.6 Å². The summed E-state index contributed by atoms with van der Waals surface area (Å²) < 4.78 is 0. The van der Waals surface area contributed by atoms with Gasteiger partial charge < -0.3 is 5.32 Å². The molecule has 3 aromatic rings. The molecular formula is C13H11ClN6. The molecule has 0 unspecified atom stereocenters. The highest BCUT2D eigenvalue weighted by molar-refractivity contribution is 6.35. The lowest BCUT2D eigenvalue weighted by atomic mass is 10.2. The molecule has 0 atom stereocenters. The van der Waals surface area contributed by atoms with Gasteiger partial charge in [-0.2, -0.15) is 4.98 Å². The summed E-state index contributed by atoms with van der Waals surface area (Å²) in [6.07, 6.45) is 3.33. The van der Waals surface area contributed by atoms with Crippen LogP contribution >= 0.6 is 11.6 Å². The van der Waals surface area contributed by atoms with Crippen molar-refractivity contribution in [2.75, 3.05) is 10.7 Å². The van der Waals surface area contributed by atoms with Crippen molar-refractivity contribution in [1.82, 2.24) is 15.0 Å². The number of hydrogen-bond donors (Lipinski definition) is 3. The summed E-state index contributed by atoms with van der Waals surface area (Å²) >= 11 is 6.16. The van der Waals surface area contributed by atoms with E-state index in [2.05, 4.69) is 25.7 Å². The van der Waals surface area contributed by atoms with Crippen molar-refractivity contribution in [1.29, 1.82) is 0 Å². The van der Waals surface area contributed by atoms with Crippen LogP contribution in [-0.4, -0.2) is 15.0 Å². The second kappa shape index (κ2) is 5.28. The Morgan fingerprint density at radius 1 is 1.05 bits per heavy atom. The zero-order valence-electron chi connectivity index (χ0n) is 10.3. The van der Waals surface area contributed by atoms with Crippen LogP contribution in [0.25, 0.3) is 10.9 Å². The summed E-state index contributed by atoms with van der Waals surface area (Å²) in [5.74, 6) is 6.24. The van der Waals surface area contributed by atoms with Crippen LogP contribution in [0.15, 0.2) is 42.7 Å². The van der Waals surface area contributed by atoms with Crippen LogP contribution in [0.3, 0.4) is 0 Å². The molecule has 0 saturated heterocycles. The Morgan fingerprint density at radius 2 is 1.95 bits per heavy atom. The second-order valence-electron chi connectivity index (χ2n) is 4.03. The van der Waals surface area contributed by atoms with E-state index in [0.717, 1.165) is 16.6 Å². The van der Waals surface area contributed by atoms with Crippen molar-refractivity contribution in [3.8, 4) is 0 Å². The topological polar surface area (TPSA) is 88.8 Å². The summed E-state index contributed by atoms with van der Waals surface area (Å²) in [6, 6.07) is 9.18. The van der Waals surface area contributed by atoms with Crippen LogP contribution in [0.5, 0.6) is 0 Å². The molecule has 2 aromatic heterocycles. The number of hydrazine groups is 1. The molecule has 0 amide bonds. The summed E-state index contributed by atoms with van der Waals surface area (Å²) in [4.78, 5) is 12.5. The van der Waals surface area contributed by atoms with E-state index < -0.39 is 0 Å². The van der Waals surface area contributed by atoms with Gasteiger partial charge in [0.2, 0.25) is 5.95 Å². The van der Waals surface area contributed by atoms with Crippen LogP contribution in [0, 0.1) is 0 Å². The van der Waals surface area contributed by atoms with Crippen molar-refractivity contribution in [3.63, 3.8) is 0 Å². The molecule has 0 aliphatic rings. The quantitative estimate of drug-likeness (QED) is 0.507. The number of halogens is 1. The largest absolute Gasteiger partial charge is 0.338 e. The summed E-state index contributed by atoms with van der Waals surface area (Å²) in [6.45, 7) is 0. The third-order valence-electron chi connectivity index (χ3n) is 2.76. The predicted molar refractivity (Wildman–Crippen MR) is 79.9 cm³/mol. The van der Waals surface area contributed by atoms with Crippen LogP contribution in [0.1, 0.15) is 0 Å². The van der Waals surface area contributed by atoms with Gasteiger partial charge in [-0.15, -0.1) is 0 Å². The second-order valence-corrected chi connectivity index (χ2v) is 4.44. The van der Waals surface area contributed by atoms with Gasteiger partial charge in [-0.3, -0.25) is 10.4 Å². The lowest BCUT2D eigenvalue weighted by molar-refractivity contribution is 1.12. The first-order valence-corrected chi connectivity index (χ1v) is 6.25. The van der Waals surface area contributed by atoms with Crippen molar-refractivity contribution in [2.45, 2.75) is 0 Å². The molecule has 0 fully saturated rings. The minimum absolute atomic E-state index is 0.334. The van der Waals surface area contributed by atoms with E-state index in [9.17, 15) is 0 Å². The predicted octanol–water partition coefficient (Wildman–Crippen LogP) is 2.71. The molecule has 0 aliphatic heterocycles. The number of pyridine rings is 1. The summed E-state index contributed by atoms with van der Waals surface area (Å²) in [5.41, 5.74) is 3.99. The van der Waals surface area contributed by atoms with E-state index in [4.69, 9.17) is 17.4 Å². The van der Waals surface area contributed by atoms with Gasteiger partial charge in [0.1, 0.15) is 5.82 Å². The van der Waals surface area contributed by atoms with E-state index >= 15 is 0 Å². The van der Waals surface area contributed by atoms with Gasteiger partial charge in [-0.1, -0.05) is 11.6 Å². The lowest BCUT2D eigenvalue weighted by Crippen LogP contribution is -2.10. The third kappa shape index (κ3) is 2.34. The molecule has 2 heterocycles. The molecule has 0 saturated carbocycles. The van der Waals surface area contributed by atoms with Crippen molar-refractivity contribution < 1.29 is 0 Å². The average molecular weight is 287 g/mol. The molecule has 4 N–H and O–H groups in total. The molecule has 20 heavy (non-hydrogen) atoms. The highest BCUT2D eigenvalue weighted by Gasteiger charge is 2.06. The Balaban J connectivity index is 2.04. The van der Waals surface area contributed by atoms with E-state index in [0.29, 0.717) is 16.8 Å². The third-order valence-corrected chi connectivity index (χ3v) is 3.09. The minimum atomic E-state index is 0.334. The fraction of sp³-hybridized carbons (Fsp3) is 0. The summed E-state index contributed by atoms with van der Waals surface area (Å²) in [5, 5.41) is 4.72. The number of anilines is 3. The highest BCUT2D eigenvalue weighted by atomic mass is 35.5. The number of nitrogens with zero attached hydrogens (tertiary/aromatic N) is 3. The number of nitrogen functional groups attached to an aromatic ring is 1. The fourth-order valence-corrected chi connectivity index (χ4v) is 2.09. The van der Waals surface area contributed by atoms with Gasteiger partial charge >= 0.3 is 0 Å². The van der Waals surface area contributed by atoms with Crippen molar-refractivity contribution >= 4 is 40.0 Å². The number of hydrogen-bond acceptors (Lipinski definition) is 6. The number of fused-ring (bicyclic) bond motifs is 1. The molecule has 0 aliphatic carbocycles. The maximum Gasteiger partial charge on any atom is 0.239 e. The maximum atomic E-state index is 6.16. The van der Waals surface area contributed by atoms with Gasteiger partial charge in [0, 0.05) is 17.8 Å². The van der Waals surface area contributed by atoms with E-state index in [1.807, 2.05) is 24.3 Å². The first-order valence-electron chi connectivity index (χ1n) is 5.88. The van der Waals surface area contributed by atoms with Crippen LogP contribution in [-0.2, 0) is 0 Å². The molecule has 0 bridgehead atoms. The zero-order chi connectivity index (χ0) is 13.9. The molecule has 6 nitrogen and oxygen atoms in total. The maximum absolute atomic E-state index is 6.16. The Morgan fingerprint density at radius 3 is 2.80 bits per heavy atom. The number of rotatable bonds is 3. The van der Waals surface area contributed by atoms with Crippen LogP contribution in [0.2, 0.25) is 5.02 Å². The molecular weight excluding hydrogens is 276 g/mol. The number of benzene rings is 1. The zero-order valence-corrected chi connectivity index (χ0v) is 11.1. The van der Waals surface area contributed by atoms with E-state index in [1.54, 1.807) is 18.5 Å². The Bertz CT molecular complexity index is 761. The summed E-state index contributed by atoms with van der Waals surface area (Å²) in [7, 11) is 0. The molecule has 0 radical (unpaired) electrons. The molecule has 0 spiro atoms. The number of aromatic nitrogens is 3. The Kier molecular flexibility index (Phi) is 3.32. The number of nitrogens with two attached hydrogens (primary N) is 1. The Labute approximate surface area is 120 Å². The molecule has 7 heteroatoms. The highest BCUT2D eigenvalue weighted by Crippen LogP contribution is 2.29. The van der Waals surface area contributed by atoms with Gasteiger partial charge in [0.25, 0.3) is 0 Å². The average Bonchev–Trinajstić information content (AvgIpc) is 2.51. The van der Waals surface area contributed by atoms with Gasteiger partial charge in [0.05, 0.1) is 16.2 Å². The van der Waals surface area contributed by atoms with Crippen LogP contribution in [0.4, 0.5) is 17.5 Å². The van der Waals surface area contributed by atoms with Gasteiger partial charge in [-0.25, -0.2) is 10.8 Å². The SMILES string of the molecule is NNc1nccc(Nc2ccc(Cl)c3cccnc23)n1. The minimum Gasteiger partial charge on any atom is -0.338 e. The first-order chi connectivity index (χ1) is 9.78. The first kappa shape index (κ1) is 12.6. The fourth-order valence-electron chi connectivity index (χ4n) is 1.87. The normalized spacial score (nSPS) is 10.5.